The minimum absolute atomic E-state index is 0.0523. The van der Waals surface area contributed by atoms with Crippen molar-refractivity contribution in [2.24, 2.45) is 11.7 Å². The molecule has 6 heteroatoms. The molecule has 1 aromatic carbocycles. The Labute approximate surface area is 120 Å². The van der Waals surface area contributed by atoms with Crippen molar-refractivity contribution in [1.29, 1.82) is 0 Å². The van der Waals surface area contributed by atoms with E-state index in [2.05, 4.69) is 6.92 Å². The van der Waals surface area contributed by atoms with E-state index in [0.29, 0.717) is 29.5 Å². The summed E-state index contributed by atoms with van der Waals surface area (Å²) in [6, 6.07) is 6.91. The molecule has 1 aliphatic heterocycles. The number of hydrogen-bond donors (Lipinski definition) is 1. The van der Waals surface area contributed by atoms with Crippen molar-refractivity contribution in [3.05, 3.63) is 29.8 Å². The van der Waals surface area contributed by atoms with Gasteiger partial charge in [0, 0.05) is 26.7 Å². The minimum Gasteiger partial charge on any atom is -0.380 e. The molecule has 2 atom stereocenters. The highest BCUT2D eigenvalue weighted by Gasteiger charge is 2.34. The van der Waals surface area contributed by atoms with Gasteiger partial charge in [0.15, 0.2) is 0 Å². The Bertz CT molecular complexity index is 559. The number of methoxy groups -OCH3 is 1. The van der Waals surface area contributed by atoms with E-state index in [0.717, 1.165) is 6.42 Å². The van der Waals surface area contributed by atoms with E-state index in [4.69, 9.17) is 10.5 Å². The number of piperidine rings is 1. The van der Waals surface area contributed by atoms with Crippen molar-refractivity contribution in [2.75, 3.05) is 20.2 Å². The fourth-order valence-electron chi connectivity index (χ4n) is 2.59. The van der Waals surface area contributed by atoms with Crippen LogP contribution < -0.4 is 5.73 Å². The van der Waals surface area contributed by atoms with Gasteiger partial charge in [-0.3, -0.25) is 0 Å². The molecule has 0 amide bonds. The van der Waals surface area contributed by atoms with Crippen molar-refractivity contribution in [2.45, 2.75) is 30.9 Å². The molecule has 0 saturated carbocycles. The lowest BCUT2D eigenvalue weighted by Crippen LogP contribution is -2.46. The maximum atomic E-state index is 12.7. The number of ether oxygens (including phenoxy) is 1. The van der Waals surface area contributed by atoms with Gasteiger partial charge in [-0.2, -0.15) is 4.31 Å². The zero-order valence-electron chi connectivity index (χ0n) is 12.0. The summed E-state index contributed by atoms with van der Waals surface area (Å²) < 4.78 is 32.4. The molecule has 5 nitrogen and oxygen atoms in total. The smallest absolute Gasteiger partial charge is 0.243 e. The van der Waals surface area contributed by atoms with Gasteiger partial charge in [0.25, 0.3) is 0 Å². The van der Waals surface area contributed by atoms with Crippen LogP contribution in [0, 0.1) is 5.92 Å². The van der Waals surface area contributed by atoms with Crippen LogP contribution in [-0.2, 0) is 21.3 Å². The highest BCUT2D eigenvalue weighted by atomic mass is 32.2. The maximum Gasteiger partial charge on any atom is 0.243 e. The molecule has 0 aliphatic carbocycles. The number of sulfonamides is 1. The summed E-state index contributed by atoms with van der Waals surface area (Å²) in [5.41, 5.74) is 6.30. The topological polar surface area (TPSA) is 72.6 Å². The molecule has 2 rings (SSSR count). The second-order valence-electron chi connectivity index (χ2n) is 5.22. The van der Waals surface area contributed by atoms with E-state index in [9.17, 15) is 8.42 Å². The fraction of sp³-hybridized carbons (Fsp3) is 0.571. The average Bonchev–Trinajstić information content (AvgIpc) is 2.47. The third kappa shape index (κ3) is 2.88. The molecule has 1 aromatic rings. The van der Waals surface area contributed by atoms with Gasteiger partial charge in [-0.15, -0.1) is 0 Å². The third-order valence-corrected chi connectivity index (χ3v) is 5.93. The molecule has 0 spiro atoms. The van der Waals surface area contributed by atoms with Gasteiger partial charge in [-0.05, 0) is 24.0 Å². The van der Waals surface area contributed by atoms with E-state index >= 15 is 0 Å². The lowest BCUT2D eigenvalue weighted by atomic mass is 9.97. The number of nitrogens with two attached hydrogens (primary N) is 1. The van der Waals surface area contributed by atoms with Gasteiger partial charge in [-0.25, -0.2) is 8.42 Å². The normalized spacial score (nSPS) is 24.8. The molecule has 1 fully saturated rings. The molecule has 20 heavy (non-hydrogen) atoms. The van der Waals surface area contributed by atoms with E-state index in [1.54, 1.807) is 31.4 Å². The first-order valence-electron chi connectivity index (χ1n) is 6.81. The van der Waals surface area contributed by atoms with E-state index in [1.165, 1.54) is 4.31 Å². The van der Waals surface area contributed by atoms with Crippen molar-refractivity contribution >= 4 is 10.0 Å². The van der Waals surface area contributed by atoms with Gasteiger partial charge in [0.2, 0.25) is 10.0 Å². The Kier molecular flexibility index (Phi) is 4.80. The maximum absolute atomic E-state index is 12.7. The summed E-state index contributed by atoms with van der Waals surface area (Å²) in [6.07, 6.45) is 0.756. The van der Waals surface area contributed by atoms with Crippen molar-refractivity contribution in [3.8, 4) is 0 Å². The quantitative estimate of drug-likeness (QED) is 0.906. The Hall–Kier alpha value is -0.950. The first kappa shape index (κ1) is 15.4. The van der Waals surface area contributed by atoms with Crippen molar-refractivity contribution in [1.82, 2.24) is 4.31 Å². The van der Waals surface area contributed by atoms with Gasteiger partial charge in [-0.1, -0.05) is 25.1 Å². The van der Waals surface area contributed by atoms with Crippen LogP contribution >= 0.6 is 0 Å². The van der Waals surface area contributed by atoms with Crippen LogP contribution in [0.1, 0.15) is 18.9 Å². The summed E-state index contributed by atoms with van der Waals surface area (Å²) >= 11 is 0. The molecule has 0 bridgehead atoms. The van der Waals surface area contributed by atoms with Gasteiger partial charge >= 0.3 is 0 Å². The van der Waals surface area contributed by atoms with Crippen LogP contribution in [0.4, 0.5) is 0 Å². The zero-order valence-corrected chi connectivity index (χ0v) is 12.8. The molecular formula is C14H22N2O3S. The van der Waals surface area contributed by atoms with E-state index in [1.807, 2.05) is 0 Å². The lowest BCUT2D eigenvalue weighted by Gasteiger charge is -2.35. The Balaban J connectivity index is 2.31. The van der Waals surface area contributed by atoms with E-state index < -0.39 is 10.0 Å². The van der Waals surface area contributed by atoms with Crippen LogP contribution in [0.3, 0.4) is 0 Å². The zero-order chi connectivity index (χ0) is 14.8. The van der Waals surface area contributed by atoms with Crippen LogP contribution in [-0.4, -0.2) is 39.0 Å². The summed E-state index contributed by atoms with van der Waals surface area (Å²) in [6.45, 7) is 3.24. The Morgan fingerprint density at radius 3 is 2.75 bits per heavy atom. The second kappa shape index (κ2) is 6.22. The number of hydrogen-bond acceptors (Lipinski definition) is 4. The minimum atomic E-state index is -3.50. The molecule has 1 heterocycles. The van der Waals surface area contributed by atoms with Gasteiger partial charge < -0.3 is 10.5 Å². The predicted molar refractivity (Wildman–Crippen MR) is 77.7 cm³/mol. The average molecular weight is 298 g/mol. The third-order valence-electron chi connectivity index (χ3n) is 3.97. The molecule has 1 aliphatic rings. The first-order chi connectivity index (χ1) is 9.50. The molecule has 0 radical (unpaired) electrons. The summed E-state index contributed by atoms with van der Waals surface area (Å²) in [4.78, 5) is 0.312. The largest absolute Gasteiger partial charge is 0.380 e. The standard InChI is InChI=1S/C14H22N2O3S/c1-11-7-8-16(10-13(11)19-2)20(17,18)14-6-4-3-5-12(14)9-15/h3-6,11,13H,7-10,15H2,1-2H3. The van der Waals surface area contributed by atoms with Crippen LogP contribution in [0.2, 0.25) is 0 Å². The molecule has 0 aromatic heterocycles. The molecule has 112 valence electrons. The van der Waals surface area contributed by atoms with Gasteiger partial charge in [0.05, 0.1) is 11.0 Å². The summed E-state index contributed by atoms with van der Waals surface area (Å²) in [5.74, 6) is 0.371. The molecular weight excluding hydrogens is 276 g/mol. The molecule has 2 N–H and O–H groups in total. The Morgan fingerprint density at radius 2 is 2.10 bits per heavy atom. The fourth-order valence-corrected chi connectivity index (χ4v) is 4.29. The van der Waals surface area contributed by atoms with Crippen LogP contribution in [0.15, 0.2) is 29.2 Å². The highest BCUT2D eigenvalue weighted by Crippen LogP contribution is 2.26. The summed E-state index contributed by atoms with van der Waals surface area (Å²) in [5, 5.41) is 0. The first-order valence-corrected chi connectivity index (χ1v) is 8.25. The SMILES string of the molecule is COC1CN(S(=O)(=O)c2ccccc2CN)CCC1C. The predicted octanol–water partition coefficient (Wildman–Crippen LogP) is 1.19. The molecule has 1 saturated heterocycles. The van der Waals surface area contributed by atoms with Gasteiger partial charge in [0.1, 0.15) is 0 Å². The van der Waals surface area contributed by atoms with E-state index in [-0.39, 0.29) is 12.6 Å². The van der Waals surface area contributed by atoms with Crippen molar-refractivity contribution in [3.63, 3.8) is 0 Å². The lowest BCUT2D eigenvalue weighted by molar-refractivity contribution is 0.0183. The number of nitrogens with zero attached hydrogens (tertiary/aromatic N) is 1. The second-order valence-corrected chi connectivity index (χ2v) is 7.12. The Morgan fingerprint density at radius 1 is 1.40 bits per heavy atom. The summed E-state index contributed by atoms with van der Waals surface area (Å²) in [7, 11) is -1.87. The number of rotatable bonds is 4. The molecule has 2 unspecified atom stereocenters. The van der Waals surface area contributed by atoms with Crippen LogP contribution in [0.25, 0.3) is 0 Å². The monoisotopic (exact) mass is 298 g/mol. The highest BCUT2D eigenvalue weighted by molar-refractivity contribution is 7.89. The van der Waals surface area contributed by atoms with Crippen molar-refractivity contribution < 1.29 is 13.2 Å². The number of benzene rings is 1. The van der Waals surface area contributed by atoms with Crippen LogP contribution in [0.5, 0.6) is 0 Å².